The van der Waals surface area contributed by atoms with Crippen LogP contribution in [0.15, 0.2) is 35.6 Å². The molecule has 0 radical (unpaired) electrons. The van der Waals surface area contributed by atoms with E-state index < -0.39 is 26.4 Å². The van der Waals surface area contributed by atoms with Gasteiger partial charge >= 0.3 is 0 Å². The molecule has 0 aliphatic rings. The molecule has 0 aliphatic heterocycles. The zero-order chi connectivity index (χ0) is 21.2. The van der Waals surface area contributed by atoms with Crippen LogP contribution in [0.2, 0.25) is 0 Å². The zero-order valence-electron chi connectivity index (χ0n) is 16.1. The van der Waals surface area contributed by atoms with Gasteiger partial charge in [0.15, 0.2) is 15.7 Å². The Morgan fingerprint density at radius 2 is 2.03 bits per heavy atom. The first-order valence-corrected chi connectivity index (χ1v) is 10.6. The van der Waals surface area contributed by atoms with Crippen molar-refractivity contribution in [2.24, 2.45) is 0 Å². The molecule has 3 rings (SSSR count). The molecule has 0 saturated heterocycles. The predicted octanol–water partition coefficient (Wildman–Crippen LogP) is 3.04. The first-order valence-electron chi connectivity index (χ1n) is 8.99. The van der Waals surface area contributed by atoms with Crippen LogP contribution in [0.25, 0.3) is 11.0 Å². The van der Waals surface area contributed by atoms with Gasteiger partial charge in [-0.25, -0.2) is 27.2 Å². The van der Waals surface area contributed by atoms with Crippen molar-refractivity contribution in [2.75, 3.05) is 25.2 Å². The molecule has 0 fully saturated rings. The van der Waals surface area contributed by atoms with Gasteiger partial charge in [0.1, 0.15) is 22.0 Å². The van der Waals surface area contributed by atoms with E-state index in [2.05, 4.69) is 9.97 Å². The average Bonchev–Trinajstić information content (AvgIpc) is 3.10. The zero-order valence-corrected chi connectivity index (χ0v) is 16.9. The fourth-order valence-corrected chi connectivity index (χ4v) is 4.74. The number of nitrogens with two attached hydrogens (primary N) is 1. The van der Waals surface area contributed by atoms with Gasteiger partial charge in [0.25, 0.3) is 0 Å². The number of ether oxygens (including phenoxy) is 1. The maximum absolute atomic E-state index is 13.9. The van der Waals surface area contributed by atoms with Crippen LogP contribution < -0.4 is 5.73 Å². The van der Waals surface area contributed by atoms with Crippen LogP contribution in [0.1, 0.15) is 24.4 Å². The first-order chi connectivity index (χ1) is 13.7. The molecule has 1 unspecified atom stereocenters. The number of sulfone groups is 1. The van der Waals surface area contributed by atoms with E-state index >= 15 is 0 Å². The van der Waals surface area contributed by atoms with Crippen LogP contribution in [-0.2, 0) is 14.6 Å². The largest absolute Gasteiger partial charge is 0.383 e. The molecule has 2 aromatic heterocycles. The summed E-state index contributed by atoms with van der Waals surface area (Å²) in [6, 6.07) is 2.26. The van der Waals surface area contributed by atoms with Gasteiger partial charge in [-0.05, 0) is 37.5 Å². The van der Waals surface area contributed by atoms with E-state index in [-0.39, 0.29) is 18.2 Å². The third-order valence-electron chi connectivity index (χ3n) is 4.74. The van der Waals surface area contributed by atoms with E-state index in [9.17, 15) is 17.2 Å². The predicted molar refractivity (Wildman–Crippen MR) is 105 cm³/mol. The summed E-state index contributed by atoms with van der Waals surface area (Å²) in [6.07, 6.45) is 3.99. The SMILES string of the molecule is COCC(CCCS(=O)(=O)c1ccc(F)cc1F)n1cnc2c(N)ncc(C)c21. The number of benzene rings is 1. The van der Waals surface area contributed by atoms with Gasteiger partial charge < -0.3 is 15.0 Å². The summed E-state index contributed by atoms with van der Waals surface area (Å²) < 4.78 is 59.0. The van der Waals surface area contributed by atoms with Crippen molar-refractivity contribution in [3.8, 4) is 0 Å². The summed E-state index contributed by atoms with van der Waals surface area (Å²) in [7, 11) is -2.33. The molecule has 2 heterocycles. The van der Waals surface area contributed by atoms with Gasteiger partial charge in [-0.3, -0.25) is 0 Å². The molecule has 0 aliphatic carbocycles. The Bertz CT molecular complexity index is 1130. The highest BCUT2D eigenvalue weighted by Crippen LogP contribution is 2.27. The van der Waals surface area contributed by atoms with Crippen molar-refractivity contribution >= 4 is 26.7 Å². The van der Waals surface area contributed by atoms with E-state index in [1.165, 1.54) is 0 Å². The van der Waals surface area contributed by atoms with Crippen LogP contribution >= 0.6 is 0 Å². The maximum Gasteiger partial charge on any atom is 0.181 e. The van der Waals surface area contributed by atoms with Gasteiger partial charge in [-0.15, -0.1) is 0 Å². The molecule has 7 nitrogen and oxygen atoms in total. The lowest BCUT2D eigenvalue weighted by molar-refractivity contribution is 0.152. The van der Waals surface area contributed by atoms with E-state index in [0.29, 0.717) is 30.4 Å². The molecule has 10 heteroatoms. The second-order valence-corrected chi connectivity index (χ2v) is 8.90. The highest BCUT2D eigenvalue weighted by Gasteiger charge is 2.22. The number of hydrogen-bond acceptors (Lipinski definition) is 6. The molecule has 0 spiro atoms. The van der Waals surface area contributed by atoms with Crippen molar-refractivity contribution in [3.05, 3.63) is 47.9 Å². The number of rotatable bonds is 8. The number of imidazole rings is 1. The van der Waals surface area contributed by atoms with Crippen molar-refractivity contribution in [3.63, 3.8) is 0 Å². The average molecular weight is 424 g/mol. The van der Waals surface area contributed by atoms with Crippen molar-refractivity contribution in [1.29, 1.82) is 0 Å². The van der Waals surface area contributed by atoms with Gasteiger partial charge in [0, 0.05) is 19.4 Å². The Kier molecular flexibility index (Phi) is 6.13. The standard InChI is InChI=1S/C19H22F2N4O3S/c1-12-9-23-19(22)17-18(12)25(11-24-17)14(10-28-2)4-3-7-29(26,27)16-6-5-13(20)8-15(16)21/h5-6,8-9,11,14H,3-4,7,10H2,1-2H3,(H2,22,23). The summed E-state index contributed by atoms with van der Waals surface area (Å²) in [4.78, 5) is 7.92. The fourth-order valence-electron chi connectivity index (χ4n) is 3.35. The topological polar surface area (TPSA) is 100 Å². The van der Waals surface area contributed by atoms with Crippen LogP contribution in [0.4, 0.5) is 14.6 Å². The molecule has 1 aromatic carbocycles. The lowest BCUT2D eigenvalue weighted by atomic mass is 10.1. The van der Waals surface area contributed by atoms with E-state index in [0.717, 1.165) is 23.2 Å². The third-order valence-corrected chi connectivity index (χ3v) is 6.57. The quantitative estimate of drug-likeness (QED) is 0.558. The van der Waals surface area contributed by atoms with Crippen LogP contribution in [0.5, 0.6) is 0 Å². The van der Waals surface area contributed by atoms with Gasteiger partial charge in [-0.1, -0.05) is 0 Å². The normalized spacial score (nSPS) is 13.1. The molecule has 0 saturated carbocycles. The number of hydrogen-bond donors (Lipinski definition) is 1. The Morgan fingerprint density at radius 1 is 1.28 bits per heavy atom. The molecular weight excluding hydrogens is 402 g/mol. The van der Waals surface area contributed by atoms with Crippen LogP contribution in [0, 0.1) is 18.6 Å². The lowest BCUT2D eigenvalue weighted by Crippen LogP contribution is -2.17. The second kappa shape index (κ2) is 8.42. The fraction of sp³-hybridized carbons (Fsp3) is 0.368. The molecule has 3 aromatic rings. The number of nitrogen functional groups attached to an aromatic ring is 1. The van der Waals surface area contributed by atoms with Crippen LogP contribution in [-0.4, -0.2) is 42.4 Å². The minimum atomic E-state index is -3.88. The minimum absolute atomic E-state index is 0.196. The summed E-state index contributed by atoms with van der Waals surface area (Å²) in [5.41, 5.74) is 8.17. The number of fused-ring (bicyclic) bond motifs is 1. The van der Waals surface area contributed by atoms with E-state index in [4.69, 9.17) is 10.5 Å². The van der Waals surface area contributed by atoms with Gasteiger partial charge in [0.05, 0.1) is 30.2 Å². The Hall–Kier alpha value is -2.59. The van der Waals surface area contributed by atoms with Crippen molar-refractivity contribution in [1.82, 2.24) is 14.5 Å². The molecule has 156 valence electrons. The van der Waals surface area contributed by atoms with E-state index in [1.54, 1.807) is 19.6 Å². The number of anilines is 1. The Morgan fingerprint density at radius 3 is 2.72 bits per heavy atom. The lowest BCUT2D eigenvalue weighted by Gasteiger charge is -2.19. The monoisotopic (exact) mass is 424 g/mol. The molecule has 2 N–H and O–H groups in total. The third kappa shape index (κ3) is 4.38. The second-order valence-electron chi connectivity index (χ2n) is 6.82. The van der Waals surface area contributed by atoms with Crippen molar-refractivity contribution < 1.29 is 21.9 Å². The van der Waals surface area contributed by atoms with Gasteiger partial charge in [0.2, 0.25) is 0 Å². The summed E-state index contributed by atoms with van der Waals surface area (Å²) in [5.74, 6) is -1.87. The molecular formula is C19H22F2N4O3S. The number of halogens is 2. The summed E-state index contributed by atoms with van der Waals surface area (Å²) in [5, 5.41) is 0. The summed E-state index contributed by atoms with van der Waals surface area (Å²) in [6.45, 7) is 2.22. The maximum atomic E-state index is 13.9. The van der Waals surface area contributed by atoms with Gasteiger partial charge in [-0.2, -0.15) is 0 Å². The Balaban J connectivity index is 1.80. The number of nitrogens with zero attached hydrogens (tertiary/aromatic N) is 3. The number of methoxy groups -OCH3 is 1. The molecule has 0 bridgehead atoms. The Labute approximate surface area is 167 Å². The first kappa shape index (κ1) is 21.1. The molecule has 0 amide bonds. The highest BCUT2D eigenvalue weighted by atomic mass is 32.2. The van der Waals surface area contributed by atoms with Crippen LogP contribution in [0.3, 0.4) is 0 Å². The number of aryl methyl sites for hydroxylation is 1. The van der Waals surface area contributed by atoms with Crippen molar-refractivity contribution in [2.45, 2.75) is 30.7 Å². The minimum Gasteiger partial charge on any atom is -0.383 e. The van der Waals surface area contributed by atoms with E-state index in [1.807, 2.05) is 11.5 Å². The highest BCUT2D eigenvalue weighted by molar-refractivity contribution is 7.91. The smallest absolute Gasteiger partial charge is 0.181 e. The molecule has 29 heavy (non-hydrogen) atoms. The number of aromatic nitrogens is 3. The molecule has 1 atom stereocenters. The summed E-state index contributed by atoms with van der Waals surface area (Å²) >= 11 is 0. The number of pyridine rings is 1.